The third-order valence-electron chi connectivity index (χ3n) is 5.11. The number of benzene rings is 1. The van der Waals surface area contributed by atoms with E-state index in [1.807, 2.05) is 11.8 Å². The lowest BCUT2D eigenvalue weighted by atomic mass is 9.98. The monoisotopic (exact) mass is 419 g/mol. The standard InChI is InChI=1S/C19H29N3OS.2ClH/c1-2-18(12-21-19(23)11-17-14-24-10-8-20-17)22-9-7-15-5-3-4-6-16(15)13-22;;/h3-6,17-18,20H,2,7-14H2,1H3,(H,21,23);2*1H. The molecule has 2 heterocycles. The summed E-state index contributed by atoms with van der Waals surface area (Å²) in [7, 11) is 0. The lowest BCUT2D eigenvalue weighted by Gasteiger charge is -2.35. The zero-order valence-corrected chi connectivity index (χ0v) is 17.9. The molecule has 2 atom stereocenters. The Morgan fingerprint density at radius 3 is 2.81 bits per heavy atom. The highest BCUT2D eigenvalue weighted by Crippen LogP contribution is 2.21. The van der Waals surface area contributed by atoms with Crippen molar-refractivity contribution in [1.29, 1.82) is 0 Å². The summed E-state index contributed by atoms with van der Waals surface area (Å²) in [6.45, 7) is 6.10. The largest absolute Gasteiger partial charge is 0.354 e. The first kappa shape index (κ1) is 23.6. The van der Waals surface area contributed by atoms with E-state index in [4.69, 9.17) is 0 Å². The third kappa shape index (κ3) is 6.61. The summed E-state index contributed by atoms with van der Waals surface area (Å²) in [6, 6.07) is 9.50. The van der Waals surface area contributed by atoms with Crippen LogP contribution < -0.4 is 10.6 Å². The molecular formula is C19H31Cl2N3OS. The molecule has 3 rings (SSSR count). The molecule has 148 valence electrons. The van der Waals surface area contributed by atoms with Gasteiger partial charge in [-0.25, -0.2) is 0 Å². The van der Waals surface area contributed by atoms with E-state index in [9.17, 15) is 4.79 Å². The summed E-state index contributed by atoms with van der Waals surface area (Å²) in [4.78, 5) is 14.8. The molecular weight excluding hydrogens is 389 g/mol. The van der Waals surface area contributed by atoms with Crippen LogP contribution >= 0.6 is 36.6 Å². The van der Waals surface area contributed by atoms with Gasteiger partial charge in [-0.15, -0.1) is 24.8 Å². The number of nitrogens with one attached hydrogen (secondary N) is 2. The van der Waals surface area contributed by atoms with Crippen LogP contribution in [0, 0.1) is 0 Å². The Hall–Kier alpha value is -0.460. The molecule has 1 amide bonds. The molecule has 1 fully saturated rings. The molecule has 2 aliphatic heterocycles. The van der Waals surface area contributed by atoms with E-state index in [0.717, 1.165) is 50.5 Å². The lowest BCUT2D eigenvalue weighted by molar-refractivity contribution is -0.121. The summed E-state index contributed by atoms with van der Waals surface area (Å²) in [6.07, 6.45) is 2.79. The van der Waals surface area contributed by atoms with E-state index in [2.05, 4.69) is 46.7 Å². The molecule has 1 saturated heterocycles. The van der Waals surface area contributed by atoms with Gasteiger partial charge in [0.1, 0.15) is 0 Å². The average molecular weight is 420 g/mol. The molecule has 1 aromatic rings. The van der Waals surface area contributed by atoms with Gasteiger partial charge in [0.25, 0.3) is 0 Å². The molecule has 2 unspecified atom stereocenters. The van der Waals surface area contributed by atoms with Crippen LogP contribution in [0.1, 0.15) is 30.9 Å². The number of nitrogens with zero attached hydrogens (tertiary/aromatic N) is 1. The Bertz CT molecular complexity index is 555. The molecule has 0 bridgehead atoms. The van der Waals surface area contributed by atoms with E-state index in [0.29, 0.717) is 18.5 Å². The van der Waals surface area contributed by atoms with Crippen LogP contribution in [0.15, 0.2) is 24.3 Å². The number of hydrogen-bond donors (Lipinski definition) is 2. The Labute approximate surface area is 174 Å². The van der Waals surface area contributed by atoms with Crippen molar-refractivity contribution in [2.45, 2.75) is 44.8 Å². The number of fused-ring (bicyclic) bond motifs is 1. The SMILES string of the molecule is CCC(CNC(=O)CC1CSCCN1)N1CCc2ccccc2C1.Cl.Cl. The number of halogens is 2. The first-order valence-corrected chi connectivity index (χ1v) is 10.3. The fourth-order valence-electron chi connectivity index (χ4n) is 3.64. The molecule has 7 heteroatoms. The van der Waals surface area contributed by atoms with Crippen molar-refractivity contribution in [2.24, 2.45) is 0 Å². The lowest BCUT2D eigenvalue weighted by Crippen LogP contribution is -2.47. The second-order valence-electron chi connectivity index (χ2n) is 6.79. The van der Waals surface area contributed by atoms with E-state index in [-0.39, 0.29) is 30.7 Å². The Morgan fingerprint density at radius 1 is 1.35 bits per heavy atom. The van der Waals surface area contributed by atoms with Crippen molar-refractivity contribution in [2.75, 3.05) is 31.1 Å². The molecule has 0 aliphatic carbocycles. The zero-order chi connectivity index (χ0) is 16.8. The average Bonchev–Trinajstić information content (AvgIpc) is 2.63. The van der Waals surface area contributed by atoms with Crippen molar-refractivity contribution in [1.82, 2.24) is 15.5 Å². The summed E-state index contributed by atoms with van der Waals surface area (Å²) in [5, 5.41) is 6.61. The highest BCUT2D eigenvalue weighted by molar-refractivity contribution is 7.99. The first-order chi connectivity index (χ1) is 11.8. The predicted octanol–water partition coefficient (Wildman–Crippen LogP) is 2.88. The molecule has 1 aromatic carbocycles. The van der Waals surface area contributed by atoms with Crippen LogP contribution in [-0.4, -0.2) is 54.0 Å². The molecule has 0 radical (unpaired) electrons. The van der Waals surface area contributed by atoms with Crippen LogP contribution in [0.4, 0.5) is 0 Å². The third-order valence-corrected chi connectivity index (χ3v) is 6.24. The van der Waals surface area contributed by atoms with Crippen molar-refractivity contribution in [3.8, 4) is 0 Å². The topological polar surface area (TPSA) is 44.4 Å². The van der Waals surface area contributed by atoms with E-state index < -0.39 is 0 Å². The van der Waals surface area contributed by atoms with Crippen LogP contribution in [0.25, 0.3) is 0 Å². The fourth-order valence-corrected chi connectivity index (χ4v) is 4.59. The molecule has 2 N–H and O–H groups in total. The van der Waals surface area contributed by atoms with Gasteiger partial charge in [-0.05, 0) is 24.0 Å². The highest BCUT2D eigenvalue weighted by Gasteiger charge is 2.23. The van der Waals surface area contributed by atoms with E-state index >= 15 is 0 Å². The Balaban J connectivity index is 0.00000169. The minimum absolute atomic E-state index is 0. The van der Waals surface area contributed by atoms with Crippen molar-refractivity contribution in [3.05, 3.63) is 35.4 Å². The number of amides is 1. The maximum absolute atomic E-state index is 12.2. The molecule has 2 aliphatic rings. The smallest absolute Gasteiger partial charge is 0.221 e. The minimum atomic E-state index is 0. The molecule has 26 heavy (non-hydrogen) atoms. The van der Waals surface area contributed by atoms with Crippen molar-refractivity contribution >= 4 is 42.5 Å². The number of carbonyl (C=O) groups excluding carboxylic acids is 1. The van der Waals surface area contributed by atoms with Crippen molar-refractivity contribution in [3.63, 3.8) is 0 Å². The Kier molecular flexibility index (Phi) is 11.0. The van der Waals surface area contributed by atoms with Crippen LogP contribution in [0.2, 0.25) is 0 Å². The summed E-state index contributed by atoms with van der Waals surface area (Å²) < 4.78 is 0. The molecule has 4 nitrogen and oxygen atoms in total. The van der Waals surface area contributed by atoms with Crippen LogP contribution in [0.3, 0.4) is 0 Å². The molecule has 0 saturated carbocycles. The van der Waals surface area contributed by atoms with Gasteiger partial charge in [0.05, 0.1) is 0 Å². The number of rotatable bonds is 6. The molecule has 0 spiro atoms. The van der Waals surface area contributed by atoms with Gasteiger partial charge in [0, 0.05) is 56.2 Å². The van der Waals surface area contributed by atoms with E-state index in [1.54, 1.807) is 0 Å². The first-order valence-electron chi connectivity index (χ1n) is 9.15. The van der Waals surface area contributed by atoms with Crippen molar-refractivity contribution < 1.29 is 4.79 Å². The maximum Gasteiger partial charge on any atom is 0.221 e. The van der Waals surface area contributed by atoms with Crippen LogP contribution in [-0.2, 0) is 17.8 Å². The van der Waals surface area contributed by atoms with Gasteiger partial charge in [-0.3, -0.25) is 9.69 Å². The van der Waals surface area contributed by atoms with Gasteiger partial charge in [-0.2, -0.15) is 11.8 Å². The molecule has 0 aromatic heterocycles. The highest BCUT2D eigenvalue weighted by atomic mass is 35.5. The zero-order valence-electron chi connectivity index (χ0n) is 15.4. The quantitative estimate of drug-likeness (QED) is 0.743. The summed E-state index contributed by atoms with van der Waals surface area (Å²) in [5.41, 5.74) is 2.92. The minimum Gasteiger partial charge on any atom is -0.354 e. The van der Waals surface area contributed by atoms with Gasteiger partial charge in [0.2, 0.25) is 5.91 Å². The predicted molar refractivity (Wildman–Crippen MR) is 116 cm³/mol. The number of carbonyl (C=O) groups is 1. The van der Waals surface area contributed by atoms with Gasteiger partial charge in [0.15, 0.2) is 0 Å². The maximum atomic E-state index is 12.2. The van der Waals surface area contributed by atoms with Gasteiger partial charge >= 0.3 is 0 Å². The normalized spacial score (nSPS) is 20.9. The summed E-state index contributed by atoms with van der Waals surface area (Å²) >= 11 is 1.94. The fraction of sp³-hybridized carbons (Fsp3) is 0.632. The summed E-state index contributed by atoms with van der Waals surface area (Å²) in [5.74, 6) is 2.39. The second-order valence-corrected chi connectivity index (χ2v) is 7.94. The Morgan fingerprint density at radius 2 is 2.12 bits per heavy atom. The van der Waals surface area contributed by atoms with Crippen LogP contribution in [0.5, 0.6) is 0 Å². The van der Waals surface area contributed by atoms with E-state index in [1.165, 1.54) is 11.1 Å². The second kappa shape index (κ2) is 12.1. The van der Waals surface area contributed by atoms with Gasteiger partial charge < -0.3 is 10.6 Å². The van der Waals surface area contributed by atoms with Gasteiger partial charge in [-0.1, -0.05) is 31.2 Å². The number of thioether (sulfide) groups is 1. The number of hydrogen-bond acceptors (Lipinski definition) is 4.